The number of aromatic nitrogens is 1. The quantitative estimate of drug-likeness (QED) is 0.798. The van der Waals surface area contributed by atoms with Crippen LogP contribution in [0.4, 0.5) is 5.13 Å². The number of amides is 1. The van der Waals surface area contributed by atoms with Gasteiger partial charge in [0, 0.05) is 30.9 Å². The van der Waals surface area contributed by atoms with E-state index in [1.165, 1.54) is 11.3 Å². The Balaban J connectivity index is 0.00000113. The number of hydrogen-bond donors (Lipinski definition) is 2. The zero-order valence-electron chi connectivity index (χ0n) is 14.2. The van der Waals surface area contributed by atoms with Crippen molar-refractivity contribution in [3.05, 3.63) is 11.1 Å². The van der Waals surface area contributed by atoms with Gasteiger partial charge in [-0.25, -0.2) is 4.98 Å². The average molecular weight is 409 g/mol. The molecule has 0 aromatic carbocycles. The summed E-state index contributed by atoms with van der Waals surface area (Å²) >= 11 is 1.53. The van der Waals surface area contributed by atoms with Gasteiger partial charge in [0.05, 0.1) is 18.9 Å². The summed E-state index contributed by atoms with van der Waals surface area (Å²) < 4.78 is 5.36. The second kappa shape index (κ2) is 8.97. The summed E-state index contributed by atoms with van der Waals surface area (Å²) in [7, 11) is 0. The van der Waals surface area contributed by atoms with Gasteiger partial charge in [-0.1, -0.05) is 0 Å². The average Bonchev–Trinajstić information content (AvgIpc) is 3.08. The van der Waals surface area contributed by atoms with Crippen LogP contribution in [-0.2, 0) is 16.1 Å². The smallest absolute Gasteiger partial charge is 0.229 e. The highest BCUT2D eigenvalue weighted by Crippen LogP contribution is 2.58. The van der Waals surface area contributed by atoms with Crippen LogP contribution >= 0.6 is 36.2 Å². The first-order valence-corrected chi connectivity index (χ1v) is 9.39. The number of ether oxygens (including phenoxy) is 1. The van der Waals surface area contributed by atoms with E-state index >= 15 is 0 Å². The summed E-state index contributed by atoms with van der Waals surface area (Å²) in [6, 6.07) is 0. The standard InChI is InChI=1S/C16H24N4O2S.2ClH/c21-14(13-9-16(13)1-3-17-4-2-16)19-15-18-12(11-23-15)10-20-5-7-22-8-6-20;;/h11,13,17H,1-10H2,(H,18,19,21);2*1H. The number of carbonyl (C=O) groups excluding carboxylic acids is 1. The zero-order valence-corrected chi connectivity index (χ0v) is 16.6. The number of nitrogens with zero attached hydrogens (tertiary/aromatic N) is 2. The third-order valence-electron chi connectivity index (χ3n) is 5.38. The number of rotatable bonds is 4. The molecule has 6 nitrogen and oxygen atoms in total. The maximum atomic E-state index is 12.5. The molecular weight excluding hydrogens is 383 g/mol. The van der Waals surface area contributed by atoms with Gasteiger partial charge in [-0.05, 0) is 37.8 Å². The predicted octanol–water partition coefficient (Wildman–Crippen LogP) is 2.15. The molecule has 3 aliphatic rings. The van der Waals surface area contributed by atoms with Crippen molar-refractivity contribution in [2.45, 2.75) is 25.8 Å². The van der Waals surface area contributed by atoms with Crippen molar-refractivity contribution in [3.63, 3.8) is 0 Å². The number of piperidine rings is 1. The Labute approximate surface area is 164 Å². The Morgan fingerprint density at radius 3 is 2.80 bits per heavy atom. The fraction of sp³-hybridized carbons (Fsp3) is 0.750. The van der Waals surface area contributed by atoms with E-state index in [9.17, 15) is 4.79 Å². The fourth-order valence-electron chi connectivity index (χ4n) is 3.81. The summed E-state index contributed by atoms with van der Waals surface area (Å²) in [5.41, 5.74) is 1.32. The number of halogens is 2. The molecule has 2 N–H and O–H groups in total. The van der Waals surface area contributed by atoms with E-state index in [-0.39, 0.29) is 42.1 Å². The predicted molar refractivity (Wildman–Crippen MR) is 104 cm³/mol. The van der Waals surface area contributed by atoms with Crippen LogP contribution in [0.1, 0.15) is 25.0 Å². The van der Waals surface area contributed by atoms with Crippen LogP contribution in [0.15, 0.2) is 5.38 Å². The fourth-order valence-corrected chi connectivity index (χ4v) is 4.52. The Bertz CT molecular complexity index is 574. The maximum Gasteiger partial charge on any atom is 0.229 e. The zero-order chi connectivity index (χ0) is 15.7. The number of carbonyl (C=O) groups is 1. The van der Waals surface area contributed by atoms with Crippen molar-refractivity contribution >= 4 is 47.2 Å². The lowest BCUT2D eigenvalue weighted by atomic mass is 9.92. The third kappa shape index (κ3) is 4.84. The lowest BCUT2D eigenvalue weighted by Gasteiger charge is -2.25. The molecule has 3 heterocycles. The Morgan fingerprint density at radius 2 is 2.08 bits per heavy atom. The Morgan fingerprint density at radius 1 is 1.36 bits per heavy atom. The van der Waals surface area contributed by atoms with Crippen LogP contribution in [0.2, 0.25) is 0 Å². The molecule has 1 aliphatic carbocycles. The molecule has 1 aromatic heterocycles. The second-order valence-electron chi connectivity index (χ2n) is 6.89. The molecule has 2 aliphatic heterocycles. The second-order valence-corrected chi connectivity index (χ2v) is 7.75. The first kappa shape index (κ1) is 20.9. The van der Waals surface area contributed by atoms with Gasteiger partial charge in [-0.3, -0.25) is 9.69 Å². The first-order valence-electron chi connectivity index (χ1n) is 8.51. The SMILES string of the molecule is Cl.Cl.O=C(Nc1nc(CN2CCOCC2)cs1)C1CC12CCNCC2. The van der Waals surface area contributed by atoms with Gasteiger partial charge in [-0.15, -0.1) is 36.2 Å². The minimum atomic E-state index is 0. The number of anilines is 1. The van der Waals surface area contributed by atoms with Crippen molar-refractivity contribution in [2.75, 3.05) is 44.7 Å². The normalized spacial score (nSPS) is 24.9. The minimum Gasteiger partial charge on any atom is -0.379 e. The van der Waals surface area contributed by atoms with Crippen molar-refractivity contribution < 1.29 is 9.53 Å². The van der Waals surface area contributed by atoms with Gasteiger partial charge < -0.3 is 15.4 Å². The van der Waals surface area contributed by atoms with Crippen LogP contribution in [0.3, 0.4) is 0 Å². The Hall–Kier alpha value is -0.440. The summed E-state index contributed by atoms with van der Waals surface area (Å²) in [4.78, 5) is 19.4. The highest BCUT2D eigenvalue weighted by atomic mass is 35.5. The lowest BCUT2D eigenvalue weighted by Crippen LogP contribution is -2.35. The van der Waals surface area contributed by atoms with E-state index in [0.29, 0.717) is 0 Å². The van der Waals surface area contributed by atoms with E-state index in [1.807, 2.05) is 0 Å². The molecule has 0 bridgehead atoms. The molecule has 1 amide bonds. The van der Waals surface area contributed by atoms with E-state index in [2.05, 4.69) is 25.9 Å². The Kier molecular flexibility index (Phi) is 7.49. The number of thiazole rings is 1. The molecule has 3 fully saturated rings. The summed E-state index contributed by atoms with van der Waals surface area (Å²) in [6.07, 6.45) is 3.31. The largest absolute Gasteiger partial charge is 0.379 e. The van der Waals surface area contributed by atoms with Crippen LogP contribution in [0, 0.1) is 11.3 Å². The molecule has 25 heavy (non-hydrogen) atoms. The number of morpholine rings is 1. The van der Waals surface area contributed by atoms with Crippen LogP contribution in [0.25, 0.3) is 0 Å². The van der Waals surface area contributed by atoms with Crippen LogP contribution in [-0.4, -0.2) is 55.2 Å². The molecule has 1 saturated carbocycles. The van der Waals surface area contributed by atoms with Gasteiger partial charge in [0.1, 0.15) is 0 Å². The molecule has 1 unspecified atom stereocenters. The highest BCUT2D eigenvalue weighted by Gasteiger charge is 2.57. The van der Waals surface area contributed by atoms with Gasteiger partial charge in [-0.2, -0.15) is 0 Å². The van der Waals surface area contributed by atoms with E-state index in [1.54, 1.807) is 0 Å². The molecule has 1 aromatic rings. The molecule has 1 atom stereocenters. The number of nitrogens with one attached hydrogen (secondary N) is 2. The summed E-state index contributed by atoms with van der Waals surface area (Å²) in [5.74, 6) is 0.357. The maximum absolute atomic E-state index is 12.5. The molecule has 142 valence electrons. The van der Waals surface area contributed by atoms with Crippen molar-refractivity contribution in [1.82, 2.24) is 15.2 Å². The monoisotopic (exact) mass is 408 g/mol. The third-order valence-corrected chi connectivity index (χ3v) is 6.18. The van der Waals surface area contributed by atoms with Crippen molar-refractivity contribution in [2.24, 2.45) is 11.3 Å². The highest BCUT2D eigenvalue weighted by molar-refractivity contribution is 7.13. The first-order chi connectivity index (χ1) is 11.3. The molecule has 9 heteroatoms. The number of hydrogen-bond acceptors (Lipinski definition) is 6. The van der Waals surface area contributed by atoms with Crippen molar-refractivity contribution in [1.29, 1.82) is 0 Å². The summed E-state index contributed by atoms with van der Waals surface area (Å²) in [6.45, 7) is 6.44. The van der Waals surface area contributed by atoms with Gasteiger partial charge in [0.25, 0.3) is 0 Å². The van der Waals surface area contributed by atoms with Crippen LogP contribution in [0.5, 0.6) is 0 Å². The van der Waals surface area contributed by atoms with Crippen LogP contribution < -0.4 is 10.6 Å². The minimum absolute atomic E-state index is 0. The molecule has 2 saturated heterocycles. The topological polar surface area (TPSA) is 66.5 Å². The van der Waals surface area contributed by atoms with E-state index in [4.69, 9.17) is 4.74 Å². The molecule has 4 rings (SSSR count). The molecular formula is C16H26Cl2N4O2S. The van der Waals surface area contributed by atoms with Gasteiger partial charge in [0.15, 0.2) is 5.13 Å². The molecule has 0 radical (unpaired) electrons. The van der Waals surface area contributed by atoms with E-state index in [0.717, 1.165) is 76.0 Å². The summed E-state index contributed by atoms with van der Waals surface area (Å²) in [5, 5.41) is 9.21. The van der Waals surface area contributed by atoms with Crippen molar-refractivity contribution in [3.8, 4) is 0 Å². The molecule has 1 spiro atoms. The lowest BCUT2D eigenvalue weighted by molar-refractivity contribution is -0.118. The van der Waals surface area contributed by atoms with Gasteiger partial charge >= 0.3 is 0 Å². The van der Waals surface area contributed by atoms with Gasteiger partial charge in [0.2, 0.25) is 5.91 Å². The van der Waals surface area contributed by atoms with E-state index < -0.39 is 0 Å².